The monoisotopic (exact) mass is 551 g/mol. The predicted octanol–water partition coefficient (Wildman–Crippen LogP) is 6.87. The molecule has 8 heteroatoms. The number of nitrogens with zero attached hydrogens (tertiary/aromatic N) is 3. The van der Waals surface area contributed by atoms with E-state index in [4.69, 9.17) is 4.74 Å². The molecule has 0 radical (unpaired) electrons. The van der Waals surface area contributed by atoms with E-state index >= 15 is 0 Å². The molecule has 212 valence electrons. The van der Waals surface area contributed by atoms with Crippen LogP contribution in [0.5, 0.6) is 0 Å². The highest BCUT2D eigenvalue weighted by Crippen LogP contribution is 2.30. The number of hydrogen-bond donors (Lipinski definition) is 2. The summed E-state index contributed by atoms with van der Waals surface area (Å²) in [7, 11) is 0. The van der Waals surface area contributed by atoms with Crippen molar-refractivity contribution in [2.75, 3.05) is 5.32 Å². The van der Waals surface area contributed by atoms with Crippen LogP contribution < -0.4 is 10.6 Å². The molecule has 1 fully saturated rings. The van der Waals surface area contributed by atoms with Crippen LogP contribution in [-0.4, -0.2) is 45.1 Å². The molecular formula is C33H37N5O3. The van der Waals surface area contributed by atoms with Crippen molar-refractivity contribution in [1.82, 2.24) is 20.3 Å². The average molecular weight is 552 g/mol. The summed E-state index contributed by atoms with van der Waals surface area (Å²) in [6.45, 7) is 7.05. The molecule has 1 aromatic heterocycles. The molecule has 2 N–H and O–H groups in total. The Morgan fingerprint density at radius 3 is 2.49 bits per heavy atom. The van der Waals surface area contributed by atoms with Crippen molar-refractivity contribution in [3.63, 3.8) is 0 Å². The summed E-state index contributed by atoms with van der Waals surface area (Å²) in [5, 5.41) is 15.1. The zero-order valence-corrected chi connectivity index (χ0v) is 23.8. The van der Waals surface area contributed by atoms with Crippen molar-refractivity contribution < 1.29 is 14.3 Å². The molecule has 5 rings (SSSR count). The highest BCUT2D eigenvalue weighted by Gasteiger charge is 2.26. The van der Waals surface area contributed by atoms with Crippen LogP contribution in [0.1, 0.15) is 62.4 Å². The third kappa shape index (κ3) is 7.46. The van der Waals surface area contributed by atoms with E-state index in [1.165, 1.54) is 0 Å². The maximum atomic E-state index is 13.0. The lowest BCUT2D eigenvalue weighted by Crippen LogP contribution is -2.46. The second kappa shape index (κ2) is 12.5. The van der Waals surface area contributed by atoms with Crippen LogP contribution in [0, 0.1) is 0 Å². The van der Waals surface area contributed by atoms with Crippen molar-refractivity contribution in [2.24, 2.45) is 0 Å². The lowest BCUT2D eigenvalue weighted by molar-refractivity contribution is 0.0762. The molecule has 1 heterocycles. The van der Waals surface area contributed by atoms with Crippen LogP contribution >= 0.6 is 0 Å². The number of nitrogens with one attached hydrogen (secondary N) is 2. The Bertz CT molecular complexity index is 1530. The minimum atomic E-state index is -0.431. The van der Waals surface area contributed by atoms with E-state index < -0.39 is 6.09 Å². The molecule has 0 atom stereocenters. The lowest BCUT2D eigenvalue weighted by atomic mass is 9.91. The third-order valence-electron chi connectivity index (χ3n) is 7.21. The molecular weight excluding hydrogens is 514 g/mol. The molecule has 8 nitrogen and oxygen atoms in total. The zero-order valence-electron chi connectivity index (χ0n) is 23.8. The van der Waals surface area contributed by atoms with E-state index in [0.29, 0.717) is 29.4 Å². The summed E-state index contributed by atoms with van der Waals surface area (Å²) in [5.41, 5.74) is 5.74. The number of carbonyl (C=O) groups excluding carboxylic acids is 2. The van der Waals surface area contributed by atoms with Gasteiger partial charge < -0.3 is 10.1 Å². The van der Waals surface area contributed by atoms with Gasteiger partial charge in [0.15, 0.2) is 0 Å². The van der Waals surface area contributed by atoms with Crippen LogP contribution in [0.15, 0.2) is 72.8 Å². The van der Waals surface area contributed by atoms with E-state index in [1.807, 2.05) is 66.7 Å². The van der Waals surface area contributed by atoms with Crippen molar-refractivity contribution in [1.29, 1.82) is 0 Å². The van der Waals surface area contributed by atoms with Crippen LogP contribution in [0.25, 0.3) is 28.2 Å². The number of anilines is 1. The molecule has 0 unspecified atom stereocenters. The normalized spacial score (nSPS) is 17.5. The van der Waals surface area contributed by atoms with Crippen LogP contribution in [-0.2, 0) is 11.3 Å². The molecule has 4 aromatic rings. The lowest BCUT2D eigenvalue weighted by Gasteiger charge is -2.34. The highest BCUT2D eigenvalue weighted by molar-refractivity contribution is 5.92. The van der Waals surface area contributed by atoms with Crippen molar-refractivity contribution >= 4 is 35.2 Å². The van der Waals surface area contributed by atoms with Gasteiger partial charge in [-0.2, -0.15) is 0 Å². The maximum absolute atomic E-state index is 13.0. The van der Waals surface area contributed by atoms with Gasteiger partial charge in [-0.1, -0.05) is 59.8 Å². The van der Waals surface area contributed by atoms with Gasteiger partial charge in [0.2, 0.25) is 0 Å². The number of fused-ring (bicyclic) bond motifs is 1. The second-order valence-corrected chi connectivity index (χ2v) is 11.6. The SMILES string of the molecule is CC(C)(C)N[C@H]1CC[C@H](OC(=O)Nc2cc(C=CCn3nnc4cc(C=O)ccc43)ccc2-c2ccccc2)CC1. The van der Waals surface area contributed by atoms with Gasteiger partial charge in [0.05, 0.1) is 17.7 Å². The number of aromatic nitrogens is 3. The van der Waals surface area contributed by atoms with Crippen LogP contribution in [0.3, 0.4) is 0 Å². The first-order valence-electron chi connectivity index (χ1n) is 14.2. The molecule has 0 aliphatic heterocycles. The number of rotatable bonds is 8. The molecule has 0 saturated heterocycles. The molecule has 1 saturated carbocycles. The summed E-state index contributed by atoms with van der Waals surface area (Å²) in [6, 6.07) is 21.8. The number of carbonyl (C=O) groups is 2. The first-order chi connectivity index (χ1) is 19.8. The topological polar surface area (TPSA) is 98.1 Å². The number of allylic oxidation sites excluding steroid dienone is 1. The van der Waals surface area contributed by atoms with Crippen LogP contribution in [0.2, 0.25) is 0 Å². The fourth-order valence-corrected chi connectivity index (χ4v) is 5.35. The van der Waals surface area contributed by atoms with Crippen molar-refractivity contribution in [3.05, 3.63) is 83.9 Å². The highest BCUT2D eigenvalue weighted by atomic mass is 16.6. The van der Waals surface area contributed by atoms with Gasteiger partial charge in [-0.15, -0.1) is 5.10 Å². The van der Waals surface area contributed by atoms with Gasteiger partial charge >= 0.3 is 6.09 Å². The molecule has 41 heavy (non-hydrogen) atoms. The quantitative estimate of drug-likeness (QED) is 0.232. The van der Waals surface area contributed by atoms with Gasteiger partial charge in [-0.25, -0.2) is 9.48 Å². The van der Waals surface area contributed by atoms with Gasteiger partial charge in [0, 0.05) is 22.7 Å². The summed E-state index contributed by atoms with van der Waals surface area (Å²) < 4.78 is 7.63. The predicted molar refractivity (Wildman–Crippen MR) is 163 cm³/mol. The van der Waals surface area contributed by atoms with E-state index in [1.54, 1.807) is 16.8 Å². The Labute approximate surface area is 240 Å². The van der Waals surface area contributed by atoms with Gasteiger partial charge in [0.25, 0.3) is 0 Å². The summed E-state index contributed by atoms with van der Waals surface area (Å²) in [5.74, 6) is 0. The Balaban J connectivity index is 1.27. The Kier molecular flexibility index (Phi) is 8.59. The van der Waals surface area contributed by atoms with Gasteiger partial charge in [-0.3, -0.25) is 10.1 Å². The summed E-state index contributed by atoms with van der Waals surface area (Å²) >= 11 is 0. The third-order valence-corrected chi connectivity index (χ3v) is 7.21. The van der Waals surface area contributed by atoms with Gasteiger partial charge in [-0.05, 0) is 81.8 Å². The first-order valence-corrected chi connectivity index (χ1v) is 14.2. The maximum Gasteiger partial charge on any atom is 0.411 e. The Hall–Kier alpha value is -4.30. The van der Waals surface area contributed by atoms with E-state index in [-0.39, 0.29) is 11.6 Å². The molecule has 1 aliphatic rings. The minimum Gasteiger partial charge on any atom is -0.446 e. The van der Waals surface area contributed by atoms with E-state index in [0.717, 1.165) is 54.2 Å². The Morgan fingerprint density at radius 2 is 1.76 bits per heavy atom. The molecule has 1 aliphatic carbocycles. The smallest absolute Gasteiger partial charge is 0.411 e. The largest absolute Gasteiger partial charge is 0.446 e. The molecule has 1 amide bonds. The fraction of sp³-hybridized carbons (Fsp3) is 0.333. The first kappa shape index (κ1) is 28.2. The summed E-state index contributed by atoms with van der Waals surface area (Å²) in [6.07, 6.45) is 7.94. The second-order valence-electron chi connectivity index (χ2n) is 11.6. The van der Waals surface area contributed by atoms with Gasteiger partial charge in [0.1, 0.15) is 17.9 Å². The van der Waals surface area contributed by atoms with E-state index in [2.05, 4.69) is 41.7 Å². The number of benzene rings is 3. The standard InChI is InChI=1S/C33H37N5O3/c1-33(2,3)35-26-13-15-27(16-14-26)41-32(40)34-29-20-23(11-17-28(29)25-9-5-4-6-10-25)8-7-19-38-31-18-12-24(22-39)21-30(31)36-37-38/h4-12,17-18,20-22,26-27,35H,13-16,19H2,1-3H3,(H,34,40)/t26-,27-. The zero-order chi connectivity index (χ0) is 28.8. The molecule has 3 aromatic carbocycles. The molecule has 0 bridgehead atoms. The molecule has 0 spiro atoms. The van der Waals surface area contributed by atoms with Crippen molar-refractivity contribution in [3.8, 4) is 11.1 Å². The minimum absolute atomic E-state index is 0.0766. The number of hydrogen-bond acceptors (Lipinski definition) is 6. The Morgan fingerprint density at radius 1 is 1.00 bits per heavy atom. The fourth-order valence-electron chi connectivity index (χ4n) is 5.35. The number of aldehydes is 1. The average Bonchev–Trinajstić information content (AvgIpc) is 3.36. The van der Waals surface area contributed by atoms with Crippen LogP contribution in [0.4, 0.5) is 10.5 Å². The van der Waals surface area contributed by atoms with E-state index in [9.17, 15) is 9.59 Å². The number of ether oxygens (including phenoxy) is 1. The number of amides is 1. The van der Waals surface area contributed by atoms with Crippen molar-refractivity contribution in [2.45, 2.75) is 70.7 Å². The summed E-state index contributed by atoms with van der Waals surface area (Å²) in [4.78, 5) is 24.1.